The van der Waals surface area contributed by atoms with Crippen LogP contribution in [0.4, 0.5) is 0 Å². The van der Waals surface area contributed by atoms with Crippen LogP contribution in [0.25, 0.3) is 11.1 Å². The number of alkyl halides is 1. The molecule has 0 bridgehead atoms. The van der Waals surface area contributed by atoms with Crippen LogP contribution in [0.2, 0.25) is 0 Å². The van der Waals surface area contributed by atoms with Crippen LogP contribution < -0.4 is 5.76 Å². The molecule has 19 heavy (non-hydrogen) atoms. The zero-order chi connectivity index (χ0) is 13.1. The first-order chi connectivity index (χ1) is 9.16. The number of aryl methyl sites for hydroxylation is 1. The molecule has 2 aliphatic rings. The largest absolute Gasteiger partial charge is 0.419 e. The number of halogens is 1. The van der Waals surface area contributed by atoms with Gasteiger partial charge in [0.2, 0.25) is 0 Å². The number of fused-ring (bicyclic) bond motifs is 2. The van der Waals surface area contributed by atoms with Crippen LogP contribution in [0, 0.1) is 17.8 Å². The van der Waals surface area contributed by atoms with Crippen molar-refractivity contribution in [3.8, 4) is 0 Å². The fourth-order valence-corrected chi connectivity index (χ4v) is 4.36. The average molecular weight is 278 g/mol. The summed E-state index contributed by atoms with van der Waals surface area (Å²) in [6, 6.07) is 5.90. The van der Waals surface area contributed by atoms with Crippen LogP contribution in [-0.2, 0) is 7.05 Å². The van der Waals surface area contributed by atoms with E-state index in [1.807, 2.05) is 18.2 Å². The van der Waals surface area contributed by atoms with Crippen LogP contribution >= 0.6 is 11.6 Å². The Hall–Kier alpha value is -1.22. The Morgan fingerprint density at radius 3 is 2.84 bits per heavy atom. The van der Waals surface area contributed by atoms with Gasteiger partial charge in [-0.15, -0.1) is 11.6 Å². The summed E-state index contributed by atoms with van der Waals surface area (Å²) in [5.41, 5.74) is 2.55. The molecule has 0 N–H and O–H groups in total. The first-order valence-corrected chi connectivity index (χ1v) is 7.34. The molecule has 1 heterocycles. The molecule has 3 nitrogen and oxygen atoms in total. The minimum atomic E-state index is -0.318. The molecular formula is C15H16ClNO2. The lowest BCUT2D eigenvalue weighted by molar-refractivity contribution is 0.527. The molecule has 1 aromatic heterocycles. The Labute approximate surface area is 116 Å². The first kappa shape index (κ1) is 11.6. The zero-order valence-corrected chi connectivity index (χ0v) is 11.6. The topological polar surface area (TPSA) is 35.1 Å². The number of rotatable bonds is 2. The standard InChI is InChI=1S/C15H16ClNO2/c1-17-11-6-5-8(7-12(11)19-15(17)18)14(16)13-9-3-2-4-10(9)13/h5-7,9-10,13-14H,2-4H2,1H3. The third-order valence-electron chi connectivity index (χ3n) is 4.95. The number of hydrogen-bond acceptors (Lipinski definition) is 2. The monoisotopic (exact) mass is 277 g/mol. The summed E-state index contributed by atoms with van der Waals surface area (Å²) < 4.78 is 6.75. The van der Waals surface area contributed by atoms with E-state index in [2.05, 4.69) is 0 Å². The van der Waals surface area contributed by atoms with E-state index in [1.54, 1.807) is 7.05 Å². The highest BCUT2D eigenvalue weighted by atomic mass is 35.5. The Kier molecular flexibility index (Phi) is 2.37. The van der Waals surface area contributed by atoms with Gasteiger partial charge in [-0.2, -0.15) is 0 Å². The van der Waals surface area contributed by atoms with Crippen molar-refractivity contribution in [2.24, 2.45) is 24.8 Å². The van der Waals surface area contributed by atoms with Crippen molar-refractivity contribution >= 4 is 22.7 Å². The Morgan fingerprint density at radius 2 is 2.11 bits per heavy atom. The molecule has 3 unspecified atom stereocenters. The average Bonchev–Trinajstić information content (AvgIpc) is 2.76. The van der Waals surface area contributed by atoms with E-state index in [4.69, 9.17) is 16.0 Å². The quantitative estimate of drug-likeness (QED) is 0.788. The van der Waals surface area contributed by atoms with E-state index in [1.165, 1.54) is 23.8 Å². The second kappa shape index (κ2) is 3.89. The van der Waals surface area contributed by atoms with Crippen molar-refractivity contribution in [1.82, 2.24) is 4.57 Å². The summed E-state index contributed by atoms with van der Waals surface area (Å²) in [5.74, 6) is 1.98. The minimum absolute atomic E-state index is 0.0604. The van der Waals surface area contributed by atoms with Crippen molar-refractivity contribution < 1.29 is 4.42 Å². The van der Waals surface area contributed by atoms with E-state index in [9.17, 15) is 4.79 Å². The normalized spacial score (nSPS) is 30.5. The summed E-state index contributed by atoms with van der Waals surface area (Å²) in [7, 11) is 1.72. The lowest BCUT2D eigenvalue weighted by atomic mass is 10.0. The Morgan fingerprint density at radius 1 is 1.37 bits per heavy atom. The molecule has 2 saturated carbocycles. The molecule has 4 rings (SSSR count). The van der Waals surface area contributed by atoms with Crippen LogP contribution in [0.1, 0.15) is 30.2 Å². The van der Waals surface area contributed by atoms with Gasteiger partial charge >= 0.3 is 5.76 Å². The van der Waals surface area contributed by atoms with Gasteiger partial charge in [0.25, 0.3) is 0 Å². The van der Waals surface area contributed by atoms with E-state index in [-0.39, 0.29) is 11.1 Å². The first-order valence-electron chi connectivity index (χ1n) is 6.90. The van der Waals surface area contributed by atoms with Gasteiger partial charge in [-0.1, -0.05) is 12.5 Å². The lowest BCUT2D eigenvalue weighted by Gasteiger charge is -2.11. The second-order valence-electron chi connectivity index (χ2n) is 5.89. The maximum absolute atomic E-state index is 11.5. The third kappa shape index (κ3) is 1.61. The van der Waals surface area contributed by atoms with E-state index < -0.39 is 0 Å². The van der Waals surface area contributed by atoms with Gasteiger partial charge < -0.3 is 4.42 Å². The van der Waals surface area contributed by atoms with E-state index in [0.717, 1.165) is 22.9 Å². The van der Waals surface area contributed by atoms with Gasteiger partial charge in [0.05, 0.1) is 10.9 Å². The van der Waals surface area contributed by atoms with Gasteiger partial charge in [0.1, 0.15) is 0 Å². The predicted octanol–water partition coefficient (Wildman–Crippen LogP) is 3.46. The second-order valence-corrected chi connectivity index (χ2v) is 6.36. The van der Waals surface area contributed by atoms with Gasteiger partial charge in [-0.05, 0) is 48.3 Å². The van der Waals surface area contributed by atoms with Gasteiger partial charge in [0.15, 0.2) is 5.58 Å². The highest BCUT2D eigenvalue weighted by Gasteiger charge is 2.55. The van der Waals surface area contributed by atoms with Crippen molar-refractivity contribution in [3.63, 3.8) is 0 Å². The van der Waals surface area contributed by atoms with E-state index >= 15 is 0 Å². The van der Waals surface area contributed by atoms with Crippen molar-refractivity contribution in [3.05, 3.63) is 34.3 Å². The third-order valence-corrected chi connectivity index (χ3v) is 5.49. The Bertz CT molecular complexity index is 692. The number of aromatic nitrogens is 1. The molecular weight excluding hydrogens is 262 g/mol. The number of oxazole rings is 1. The maximum Gasteiger partial charge on any atom is 0.419 e. The molecule has 2 fully saturated rings. The van der Waals surface area contributed by atoms with Crippen LogP contribution in [-0.4, -0.2) is 4.57 Å². The molecule has 0 radical (unpaired) electrons. The summed E-state index contributed by atoms with van der Waals surface area (Å²) in [6.07, 6.45) is 4.03. The fourth-order valence-electron chi connectivity index (χ4n) is 3.86. The highest BCUT2D eigenvalue weighted by molar-refractivity contribution is 6.21. The fraction of sp³-hybridized carbons (Fsp3) is 0.533. The van der Waals surface area contributed by atoms with Gasteiger partial charge in [-0.3, -0.25) is 4.57 Å². The van der Waals surface area contributed by atoms with Crippen LogP contribution in [0.3, 0.4) is 0 Å². The molecule has 0 spiro atoms. The molecule has 4 heteroatoms. The van der Waals surface area contributed by atoms with Crippen molar-refractivity contribution in [2.75, 3.05) is 0 Å². The number of hydrogen-bond donors (Lipinski definition) is 0. The molecule has 2 aliphatic carbocycles. The predicted molar refractivity (Wildman–Crippen MR) is 74.4 cm³/mol. The molecule has 2 aromatic rings. The van der Waals surface area contributed by atoms with Gasteiger partial charge in [-0.25, -0.2) is 4.79 Å². The lowest BCUT2D eigenvalue weighted by Crippen LogP contribution is -2.08. The number of nitrogens with zero attached hydrogens (tertiary/aromatic N) is 1. The van der Waals surface area contributed by atoms with Crippen LogP contribution in [0.5, 0.6) is 0 Å². The van der Waals surface area contributed by atoms with E-state index in [0.29, 0.717) is 11.5 Å². The van der Waals surface area contributed by atoms with Gasteiger partial charge in [0, 0.05) is 7.05 Å². The summed E-state index contributed by atoms with van der Waals surface area (Å²) >= 11 is 6.63. The molecule has 0 saturated heterocycles. The molecule has 100 valence electrons. The van der Waals surface area contributed by atoms with Crippen molar-refractivity contribution in [2.45, 2.75) is 24.6 Å². The molecule has 0 aliphatic heterocycles. The summed E-state index contributed by atoms with van der Waals surface area (Å²) in [4.78, 5) is 11.5. The summed E-state index contributed by atoms with van der Waals surface area (Å²) in [5, 5.41) is 0.0604. The number of benzene rings is 1. The van der Waals surface area contributed by atoms with Crippen LogP contribution in [0.15, 0.2) is 27.4 Å². The SMILES string of the molecule is Cn1c(=O)oc2cc(C(Cl)C3C4CCCC43)ccc21. The Balaban J connectivity index is 1.70. The molecule has 3 atom stereocenters. The smallest absolute Gasteiger partial charge is 0.408 e. The molecule has 0 amide bonds. The highest BCUT2D eigenvalue weighted by Crippen LogP contribution is 2.63. The minimum Gasteiger partial charge on any atom is -0.408 e. The zero-order valence-electron chi connectivity index (χ0n) is 10.8. The molecule has 1 aromatic carbocycles. The summed E-state index contributed by atoms with van der Waals surface area (Å²) in [6.45, 7) is 0. The maximum atomic E-state index is 11.5. The van der Waals surface area contributed by atoms with Crippen molar-refractivity contribution in [1.29, 1.82) is 0 Å².